The van der Waals surface area contributed by atoms with Crippen molar-refractivity contribution in [3.05, 3.63) is 40.2 Å². The van der Waals surface area contributed by atoms with E-state index in [4.69, 9.17) is 10.3 Å². The van der Waals surface area contributed by atoms with Gasteiger partial charge in [0.05, 0.1) is 10.5 Å². The number of nitro groups is 1. The number of nitrogens with zero attached hydrogens (tertiary/aromatic N) is 3. The summed E-state index contributed by atoms with van der Waals surface area (Å²) in [6.45, 7) is 0. The minimum Gasteiger partial charge on any atom is -0.334 e. The highest BCUT2D eigenvalue weighted by Crippen LogP contribution is 2.34. The summed E-state index contributed by atoms with van der Waals surface area (Å²) < 4.78 is 5.24. The lowest BCUT2D eigenvalue weighted by atomic mass is 9.82. The lowest BCUT2D eigenvalue weighted by Gasteiger charge is -2.29. The van der Waals surface area contributed by atoms with Crippen molar-refractivity contribution in [3.63, 3.8) is 0 Å². The van der Waals surface area contributed by atoms with Gasteiger partial charge in [-0.1, -0.05) is 30.5 Å². The summed E-state index contributed by atoms with van der Waals surface area (Å²) in [6, 6.07) is 6.14. The van der Waals surface area contributed by atoms with E-state index in [1.54, 1.807) is 12.1 Å². The molecule has 0 atom stereocenters. The van der Waals surface area contributed by atoms with Gasteiger partial charge in [-0.05, 0) is 18.9 Å². The van der Waals surface area contributed by atoms with Gasteiger partial charge in [0.15, 0.2) is 5.82 Å². The molecule has 1 fully saturated rings. The minimum atomic E-state index is -0.541. The number of hydrogen-bond donors (Lipinski definition) is 1. The fourth-order valence-corrected chi connectivity index (χ4v) is 2.70. The van der Waals surface area contributed by atoms with Crippen LogP contribution in [0.5, 0.6) is 0 Å². The lowest BCUT2D eigenvalue weighted by Crippen LogP contribution is -2.39. The molecule has 2 N–H and O–H groups in total. The van der Waals surface area contributed by atoms with E-state index < -0.39 is 10.5 Å². The Bertz CT molecular complexity index is 662. The first kappa shape index (κ1) is 13.7. The molecule has 0 amide bonds. The first-order chi connectivity index (χ1) is 10.1. The summed E-state index contributed by atoms with van der Waals surface area (Å²) in [4.78, 5) is 14.7. The van der Waals surface area contributed by atoms with Crippen molar-refractivity contribution in [1.29, 1.82) is 0 Å². The number of aromatic nitrogens is 2. The first-order valence-electron chi connectivity index (χ1n) is 6.96. The van der Waals surface area contributed by atoms with Crippen LogP contribution in [0.1, 0.15) is 37.9 Å². The van der Waals surface area contributed by atoms with Gasteiger partial charge >= 0.3 is 0 Å². The van der Waals surface area contributed by atoms with Gasteiger partial charge in [-0.2, -0.15) is 4.98 Å². The van der Waals surface area contributed by atoms with Crippen molar-refractivity contribution >= 4 is 5.69 Å². The average molecular weight is 288 g/mol. The number of nitrogens with two attached hydrogens (primary N) is 1. The van der Waals surface area contributed by atoms with E-state index >= 15 is 0 Å². The molecular weight excluding hydrogens is 272 g/mol. The van der Waals surface area contributed by atoms with Crippen molar-refractivity contribution in [2.75, 3.05) is 0 Å². The molecule has 0 radical (unpaired) electrons. The van der Waals surface area contributed by atoms with Crippen LogP contribution in [0.4, 0.5) is 5.69 Å². The summed E-state index contributed by atoms with van der Waals surface area (Å²) in [5.41, 5.74) is 6.34. The third-order valence-electron chi connectivity index (χ3n) is 3.92. The molecule has 1 aromatic carbocycles. The Balaban J connectivity index is 1.91. The Morgan fingerprint density at radius 2 is 2.05 bits per heavy atom. The molecule has 0 bridgehead atoms. The van der Waals surface area contributed by atoms with Gasteiger partial charge < -0.3 is 10.3 Å². The summed E-state index contributed by atoms with van der Waals surface area (Å²) >= 11 is 0. The molecule has 7 heteroatoms. The molecule has 0 aliphatic heterocycles. The quantitative estimate of drug-likeness (QED) is 0.687. The molecule has 1 saturated carbocycles. The van der Waals surface area contributed by atoms with Crippen LogP contribution >= 0.6 is 0 Å². The van der Waals surface area contributed by atoms with Crippen LogP contribution in [0.15, 0.2) is 28.8 Å². The second-order valence-electron chi connectivity index (χ2n) is 5.45. The fraction of sp³-hybridized carbons (Fsp3) is 0.429. The summed E-state index contributed by atoms with van der Waals surface area (Å²) in [7, 11) is 0. The predicted molar refractivity (Wildman–Crippen MR) is 75.3 cm³/mol. The highest BCUT2D eigenvalue weighted by Gasteiger charge is 2.34. The van der Waals surface area contributed by atoms with Crippen molar-refractivity contribution in [2.24, 2.45) is 5.73 Å². The predicted octanol–water partition coefficient (Wildman–Crippen LogP) is 2.76. The van der Waals surface area contributed by atoms with Gasteiger partial charge in [0.1, 0.15) is 0 Å². The number of benzene rings is 1. The SMILES string of the molecule is NC1(c2noc(-c3cccc([N+](=O)[O-])c3)n2)CCCCC1. The van der Waals surface area contributed by atoms with Crippen LogP contribution in [0.2, 0.25) is 0 Å². The van der Waals surface area contributed by atoms with Crippen LogP contribution in [0.25, 0.3) is 11.5 Å². The van der Waals surface area contributed by atoms with E-state index in [-0.39, 0.29) is 11.6 Å². The Labute approximate surface area is 121 Å². The minimum absolute atomic E-state index is 0.00706. The molecule has 2 aromatic rings. The zero-order valence-electron chi connectivity index (χ0n) is 11.5. The Kier molecular flexibility index (Phi) is 3.42. The molecule has 0 saturated heterocycles. The highest BCUT2D eigenvalue weighted by atomic mass is 16.6. The normalized spacial score (nSPS) is 17.6. The molecule has 1 aliphatic rings. The van der Waals surface area contributed by atoms with E-state index in [1.807, 2.05) is 0 Å². The largest absolute Gasteiger partial charge is 0.334 e. The van der Waals surface area contributed by atoms with Crippen LogP contribution in [0.3, 0.4) is 0 Å². The van der Waals surface area contributed by atoms with E-state index in [9.17, 15) is 10.1 Å². The Morgan fingerprint density at radius 3 is 2.76 bits per heavy atom. The van der Waals surface area contributed by atoms with Crippen LogP contribution in [-0.2, 0) is 5.54 Å². The number of rotatable bonds is 3. The first-order valence-corrected chi connectivity index (χ1v) is 6.96. The topological polar surface area (TPSA) is 108 Å². The molecular formula is C14H16N4O3. The summed E-state index contributed by atoms with van der Waals surface area (Å²) in [6.07, 6.45) is 4.95. The maximum absolute atomic E-state index is 10.8. The van der Waals surface area contributed by atoms with Gasteiger partial charge in [-0.3, -0.25) is 10.1 Å². The molecule has 1 aromatic heterocycles. The summed E-state index contributed by atoms with van der Waals surface area (Å²) in [5, 5.41) is 14.8. The number of non-ortho nitro benzene ring substituents is 1. The van der Waals surface area contributed by atoms with Crippen molar-refractivity contribution < 1.29 is 9.45 Å². The second-order valence-corrected chi connectivity index (χ2v) is 5.45. The molecule has 3 rings (SSSR count). The molecule has 1 aliphatic carbocycles. The maximum atomic E-state index is 10.8. The highest BCUT2D eigenvalue weighted by molar-refractivity contribution is 5.57. The van der Waals surface area contributed by atoms with Gasteiger partial charge in [-0.25, -0.2) is 0 Å². The van der Waals surface area contributed by atoms with Crippen LogP contribution < -0.4 is 5.73 Å². The second kappa shape index (κ2) is 5.25. The zero-order chi connectivity index (χ0) is 14.9. The molecule has 21 heavy (non-hydrogen) atoms. The molecule has 110 valence electrons. The van der Waals surface area contributed by atoms with Crippen molar-refractivity contribution in [3.8, 4) is 11.5 Å². The van der Waals surface area contributed by atoms with Crippen LogP contribution in [-0.4, -0.2) is 15.1 Å². The molecule has 0 unspecified atom stereocenters. The van der Waals surface area contributed by atoms with Gasteiger partial charge in [0, 0.05) is 17.7 Å². The van der Waals surface area contributed by atoms with Crippen molar-refractivity contribution in [2.45, 2.75) is 37.6 Å². The monoisotopic (exact) mass is 288 g/mol. The smallest absolute Gasteiger partial charge is 0.270 e. The van der Waals surface area contributed by atoms with E-state index in [0.717, 1.165) is 25.7 Å². The van der Waals surface area contributed by atoms with Gasteiger partial charge in [0.25, 0.3) is 11.6 Å². The standard InChI is InChI=1S/C14H16N4O3/c15-14(7-2-1-3-8-14)13-16-12(21-17-13)10-5-4-6-11(9-10)18(19)20/h4-6,9H,1-3,7-8,15H2. The molecule has 7 nitrogen and oxygen atoms in total. The number of nitro benzene ring substituents is 1. The zero-order valence-corrected chi connectivity index (χ0v) is 11.5. The average Bonchev–Trinajstić information content (AvgIpc) is 2.99. The molecule has 1 heterocycles. The Morgan fingerprint density at radius 1 is 1.29 bits per heavy atom. The van der Waals surface area contributed by atoms with Gasteiger partial charge in [-0.15, -0.1) is 0 Å². The third-order valence-corrected chi connectivity index (χ3v) is 3.92. The molecule has 0 spiro atoms. The third kappa shape index (κ3) is 2.64. The van der Waals surface area contributed by atoms with Gasteiger partial charge in [0.2, 0.25) is 0 Å². The van der Waals surface area contributed by atoms with Crippen LogP contribution in [0, 0.1) is 10.1 Å². The fourth-order valence-electron chi connectivity index (χ4n) is 2.70. The lowest BCUT2D eigenvalue weighted by molar-refractivity contribution is -0.384. The van der Waals surface area contributed by atoms with E-state index in [0.29, 0.717) is 11.4 Å². The maximum Gasteiger partial charge on any atom is 0.270 e. The van der Waals surface area contributed by atoms with E-state index in [2.05, 4.69) is 10.1 Å². The Hall–Kier alpha value is -2.28. The number of hydrogen-bond acceptors (Lipinski definition) is 6. The summed E-state index contributed by atoms with van der Waals surface area (Å²) in [5.74, 6) is 0.757. The van der Waals surface area contributed by atoms with E-state index in [1.165, 1.54) is 18.6 Å². The van der Waals surface area contributed by atoms with Crippen molar-refractivity contribution in [1.82, 2.24) is 10.1 Å².